The summed E-state index contributed by atoms with van der Waals surface area (Å²) in [5, 5.41) is 8.57. The van der Waals surface area contributed by atoms with Gasteiger partial charge in [0.15, 0.2) is 0 Å². The van der Waals surface area contributed by atoms with Crippen LogP contribution in [0.25, 0.3) is 16.9 Å². The number of rotatable bonds is 2. The third-order valence-corrected chi connectivity index (χ3v) is 2.02. The summed E-state index contributed by atoms with van der Waals surface area (Å²) in [5.41, 5.74) is 1.76. The van der Waals surface area contributed by atoms with E-state index >= 15 is 0 Å². The monoisotopic (exact) mass is 204 g/mol. The van der Waals surface area contributed by atoms with Gasteiger partial charge >= 0.3 is 0 Å². The molecule has 3 nitrogen and oxygen atoms in total. The molecule has 2 aromatic rings. The van der Waals surface area contributed by atoms with Gasteiger partial charge in [-0.05, 0) is 24.3 Å². The highest BCUT2D eigenvalue weighted by molar-refractivity contribution is 5.78. The average Bonchev–Trinajstić information content (AvgIpc) is 2.29. The lowest BCUT2D eigenvalue weighted by molar-refractivity contribution is 0.342. The lowest BCUT2D eigenvalue weighted by Crippen LogP contribution is -1.85. The second kappa shape index (κ2) is 4.14. The van der Waals surface area contributed by atoms with Gasteiger partial charge in [0, 0.05) is 18.0 Å². The summed E-state index contributed by atoms with van der Waals surface area (Å²) in [5.74, 6) is -0.454. The first-order valence-electron chi connectivity index (χ1n) is 4.49. The van der Waals surface area contributed by atoms with E-state index in [-0.39, 0.29) is 6.61 Å². The van der Waals surface area contributed by atoms with Gasteiger partial charge in [-0.1, -0.05) is 0 Å². The predicted octanol–water partition coefficient (Wildman–Crippen LogP) is 1.93. The molecule has 15 heavy (non-hydrogen) atoms. The van der Waals surface area contributed by atoms with E-state index in [1.165, 1.54) is 0 Å². The molecule has 76 valence electrons. The van der Waals surface area contributed by atoms with Gasteiger partial charge in [-0.25, -0.2) is 4.39 Å². The number of halogens is 1. The summed E-state index contributed by atoms with van der Waals surface area (Å²) in [6, 6.07) is 4.91. The quantitative estimate of drug-likeness (QED) is 0.813. The molecule has 2 rings (SSSR count). The fraction of sp³-hybridized carbons (Fsp3) is 0.0909. The number of hydrogen-bond acceptors (Lipinski definition) is 3. The Hall–Kier alpha value is -1.81. The fourth-order valence-electron chi connectivity index (χ4n) is 1.31. The topological polar surface area (TPSA) is 46.0 Å². The Bertz CT molecular complexity index is 511. The van der Waals surface area contributed by atoms with Gasteiger partial charge in [0.1, 0.15) is 5.83 Å². The summed E-state index contributed by atoms with van der Waals surface area (Å²) in [4.78, 5) is 8.14. The normalized spacial score (nSPS) is 12.0. The van der Waals surface area contributed by atoms with E-state index in [9.17, 15) is 4.39 Å². The van der Waals surface area contributed by atoms with Gasteiger partial charge in [0.25, 0.3) is 0 Å². The van der Waals surface area contributed by atoms with E-state index in [0.29, 0.717) is 11.1 Å². The molecule has 1 aromatic carbocycles. The van der Waals surface area contributed by atoms with Gasteiger partial charge in [0.2, 0.25) is 0 Å². The lowest BCUT2D eigenvalue weighted by atomic mass is 10.1. The largest absolute Gasteiger partial charge is 0.392 e. The van der Waals surface area contributed by atoms with Crippen LogP contribution < -0.4 is 0 Å². The van der Waals surface area contributed by atoms with E-state index < -0.39 is 5.83 Å². The highest BCUT2D eigenvalue weighted by Crippen LogP contribution is 2.19. The van der Waals surface area contributed by atoms with Crippen molar-refractivity contribution in [2.45, 2.75) is 0 Å². The van der Waals surface area contributed by atoms with Gasteiger partial charge in [-0.2, -0.15) is 0 Å². The second-order valence-electron chi connectivity index (χ2n) is 2.99. The van der Waals surface area contributed by atoms with Crippen LogP contribution in [0.15, 0.2) is 36.7 Å². The molecule has 1 N–H and O–H groups in total. The molecule has 1 aromatic heterocycles. The van der Waals surface area contributed by atoms with Crippen molar-refractivity contribution in [3.63, 3.8) is 0 Å². The summed E-state index contributed by atoms with van der Waals surface area (Å²) in [6.07, 6.45) is 4.25. The van der Waals surface area contributed by atoms with Crippen LogP contribution in [-0.4, -0.2) is 21.7 Å². The van der Waals surface area contributed by atoms with E-state index in [2.05, 4.69) is 9.97 Å². The third-order valence-electron chi connectivity index (χ3n) is 2.02. The maximum atomic E-state index is 13.3. The van der Waals surface area contributed by atoms with E-state index in [1.807, 2.05) is 0 Å². The van der Waals surface area contributed by atoms with Crippen molar-refractivity contribution in [3.05, 3.63) is 42.2 Å². The highest BCUT2D eigenvalue weighted by Gasteiger charge is 2.02. The van der Waals surface area contributed by atoms with Gasteiger partial charge in [-0.15, -0.1) is 0 Å². The molecule has 0 saturated carbocycles. The molecule has 1 heterocycles. The van der Waals surface area contributed by atoms with Crippen LogP contribution in [0, 0.1) is 0 Å². The summed E-state index contributed by atoms with van der Waals surface area (Å²) in [6.45, 7) is -0.315. The van der Waals surface area contributed by atoms with Crippen molar-refractivity contribution < 1.29 is 9.50 Å². The summed E-state index contributed by atoms with van der Waals surface area (Å²) < 4.78 is 13.3. The molecule has 0 fully saturated rings. The van der Waals surface area contributed by atoms with Crippen molar-refractivity contribution in [2.24, 2.45) is 0 Å². The first-order valence-corrected chi connectivity index (χ1v) is 4.49. The maximum Gasteiger partial charge on any atom is 0.128 e. The predicted molar refractivity (Wildman–Crippen MR) is 55.7 cm³/mol. The van der Waals surface area contributed by atoms with Crippen molar-refractivity contribution >= 4 is 16.9 Å². The molecular weight excluding hydrogens is 195 g/mol. The van der Waals surface area contributed by atoms with Crippen molar-refractivity contribution in [3.8, 4) is 0 Å². The Morgan fingerprint density at radius 3 is 2.73 bits per heavy atom. The molecule has 0 unspecified atom stereocenters. The van der Waals surface area contributed by atoms with Gasteiger partial charge in [0.05, 0.1) is 17.6 Å². The molecule has 0 aliphatic carbocycles. The van der Waals surface area contributed by atoms with Crippen LogP contribution in [0.4, 0.5) is 4.39 Å². The molecule has 0 saturated heterocycles. The van der Waals surface area contributed by atoms with Crippen molar-refractivity contribution in [1.82, 2.24) is 9.97 Å². The third kappa shape index (κ3) is 1.99. The smallest absolute Gasteiger partial charge is 0.128 e. The Balaban J connectivity index is 2.51. The number of aromatic nitrogens is 2. The van der Waals surface area contributed by atoms with Gasteiger partial charge < -0.3 is 5.11 Å². The zero-order valence-corrected chi connectivity index (χ0v) is 7.89. The Morgan fingerprint density at radius 2 is 2.00 bits per heavy atom. The number of hydrogen-bond donors (Lipinski definition) is 1. The van der Waals surface area contributed by atoms with Crippen molar-refractivity contribution in [1.29, 1.82) is 0 Å². The molecule has 4 heteroatoms. The van der Waals surface area contributed by atoms with Crippen LogP contribution in [0.5, 0.6) is 0 Å². The average molecular weight is 204 g/mol. The van der Waals surface area contributed by atoms with Crippen molar-refractivity contribution in [2.75, 3.05) is 6.61 Å². The van der Waals surface area contributed by atoms with Crippen LogP contribution in [-0.2, 0) is 0 Å². The highest BCUT2D eigenvalue weighted by atomic mass is 19.1. The van der Waals surface area contributed by atoms with E-state index in [4.69, 9.17) is 5.11 Å². The first kappa shape index (κ1) is 9.73. The molecular formula is C11H9FN2O. The van der Waals surface area contributed by atoms with Crippen LogP contribution in [0.2, 0.25) is 0 Å². The molecule has 0 aliphatic heterocycles. The molecule has 0 bridgehead atoms. The Morgan fingerprint density at radius 1 is 1.27 bits per heavy atom. The second-order valence-corrected chi connectivity index (χ2v) is 2.99. The Labute approximate surface area is 85.9 Å². The molecule has 0 amide bonds. The standard InChI is InChI=1S/C11H9FN2O/c12-9(3-6-15)8-1-2-10-11(7-8)14-5-4-13-10/h1-5,7,15H,6H2. The molecule has 0 spiro atoms. The summed E-state index contributed by atoms with van der Waals surface area (Å²) in [7, 11) is 0. The summed E-state index contributed by atoms with van der Waals surface area (Å²) >= 11 is 0. The molecule has 0 radical (unpaired) electrons. The fourth-order valence-corrected chi connectivity index (χ4v) is 1.31. The van der Waals surface area contributed by atoms with E-state index in [0.717, 1.165) is 11.6 Å². The number of fused-ring (bicyclic) bond motifs is 1. The van der Waals surface area contributed by atoms with Crippen LogP contribution in [0.1, 0.15) is 5.56 Å². The molecule has 0 atom stereocenters. The Kier molecular flexibility index (Phi) is 2.69. The number of benzene rings is 1. The number of nitrogens with zero attached hydrogens (tertiary/aromatic N) is 2. The minimum atomic E-state index is -0.454. The van der Waals surface area contributed by atoms with E-state index in [1.54, 1.807) is 30.6 Å². The number of aliphatic hydroxyl groups excluding tert-OH is 1. The minimum absolute atomic E-state index is 0.315. The minimum Gasteiger partial charge on any atom is -0.392 e. The number of aliphatic hydroxyl groups is 1. The van der Waals surface area contributed by atoms with Crippen LogP contribution in [0.3, 0.4) is 0 Å². The van der Waals surface area contributed by atoms with Gasteiger partial charge in [-0.3, -0.25) is 9.97 Å². The lowest BCUT2D eigenvalue weighted by Gasteiger charge is -1.99. The zero-order chi connectivity index (χ0) is 10.7. The SMILES string of the molecule is OCC=C(F)c1ccc2nccnc2c1. The first-order chi connectivity index (χ1) is 7.31. The van der Waals surface area contributed by atoms with Crippen LogP contribution >= 0.6 is 0 Å². The zero-order valence-electron chi connectivity index (χ0n) is 7.89. The molecule has 0 aliphatic rings. The maximum absolute atomic E-state index is 13.3.